The second-order valence-corrected chi connectivity index (χ2v) is 8.52. The van der Waals surface area contributed by atoms with Crippen molar-refractivity contribution < 1.29 is 14.7 Å². The van der Waals surface area contributed by atoms with Gasteiger partial charge < -0.3 is 14.7 Å². The third kappa shape index (κ3) is 37.7. The van der Waals surface area contributed by atoms with Crippen LogP contribution in [-0.4, -0.2) is 14.7 Å². The van der Waals surface area contributed by atoms with Crippen molar-refractivity contribution in [3.8, 4) is 0 Å². The Hall–Kier alpha value is 0.310. The van der Waals surface area contributed by atoms with E-state index in [1.54, 1.807) is 0 Å². The van der Waals surface area contributed by atoms with Gasteiger partial charge in [0.05, 0.1) is 0 Å². The van der Waals surface area contributed by atoms with E-state index in [9.17, 15) is 0 Å². The van der Waals surface area contributed by atoms with Crippen molar-refractivity contribution >= 4 is 8.60 Å². The van der Waals surface area contributed by atoms with E-state index in [1.165, 1.54) is 135 Å². The minimum absolute atomic E-state index is 1.37. The Labute approximate surface area is 172 Å². The average molecular weight is 407 g/mol. The molecule has 0 atom stereocenters. The van der Waals surface area contributed by atoms with Gasteiger partial charge in [-0.3, -0.25) is 0 Å². The van der Waals surface area contributed by atoms with Gasteiger partial charge in [0.1, 0.15) is 0 Å². The first-order chi connectivity index (χ1) is 13.1. The molecule has 166 valence electrons. The molecule has 0 aromatic heterocycles. The van der Waals surface area contributed by atoms with Crippen molar-refractivity contribution in [1.29, 1.82) is 0 Å². The van der Waals surface area contributed by atoms with Gasteiger partial charge in [-0.2, -0.15) is 0 Å². The van der Waals surface area contributed by atoms with Crippen molar-refractivity contribution in [3.05, 3.63) is 0 Å². The minimum Gasteiger partial charge on any atom is -0.328 e. The molecule has 0 unspecified atom stereocenters. The predicted octanol–water partition coefficient (Wildman–Crippen LogP) is 8.41. The molecule has 0 fully saturated rings. The Morgan fingerprint density at radius 3 is 0.556 bits per heavy atom. The van der Waals surface area contributed by atoms with Gasteiger partial charge in [0, 0.05) is 0 Å². The highest BCUT2D eigenvalue weighted by Gasteiger charge is 1.95. The first-order valence-electron chi connectivity index (χ1n) is 12.0. The lowest BCUT2D eigenvalue weighted by Gasteiger charge is -2.04. The van der Waals surface area contributed by atoms with Crippen LogP contribution in [0.15, 0.2) is 0 Å². The van der Waals surface area contributed by atoms with E-state index >= 15 is 0 Å². The van der Waals surface area contributed by atoms with E-state index < -0.39 is 8.60 Å². The summed E-state index contributed by atoms with van der Waals surface area (Å²) in [7, 11) is -2.62. The Morgan fingerprint density at radius 1 is 0.333 bits per heavy atom. The van der Waals surface area contributed by atoms with Gasteiger partial charge in [0.2, 0.25) is 0 Å². The minimum atomic E-state index is -2.62. The zero-order chi connectivity index (χ0) is 20.4. The fourth-order valence-electron chi connectivity index (χ4n) is 3.51. The lowest BCUT2D eigenvalue weighted by atomic mass is 10.0. The Bertz CT molecular complexity index is 215. The molecule has 27 heavy (non-hydrogen) atoms. The molecule has 0 radical (unpaired) electrons. The van der Waals surface area contributed by atoms with E-state index in [2.05, 4.69) is 13.8 Å². The lowest BCUT2D eigenvalue weighted by Crippen LogP contribution is -1.84. The summed E-state index contributed by atoms with van der Waals surface area (Å²) >= 11 is 0. The van der Waals surface area contributed by atoms with Crippen LogP contribution in [0.3, 0.4) is 0 Å². The highest BCUT2D eigenvalue weighted by molar-refractivity contribution is 7.38. The zero-order valence-corrected chi connectivity index (χ0v) is 19.5. The van der Waals surface area contributed by atoms with Crippen LogP contribution in [0, 0.1) is 0 Å². The molecular weight excluding hydrogens is 355 g/mol. The second kappa shape index (κ2) is 28.5. The molecule has 0 aromatic rings. The van der Waals surface area contributed by atoms with Crippen LogP contribution in [0.2, 0.25) is 0 Å². The van der Waals surface area contributed by atoms with E-state index in [0.717, 1.165) is 0 Å². The maximum absolute atomic E-state index is 7.23. The fraction of sp³-hybridized carbons (Fsp3) is 1.00. The second-order valence-electron chi connectivity index (χ2n) is 7.99. The van der Waals surface area contributed by atoms with Gasteiger partial charge in [-0.15, -0.1) is 0 Å². The highest BCUT2D eigenvalue weighted by Crippen LogP contribution is 2.15. The average Bonchev–Trinajstić information content (AvgIpc) is 2.63. The van der Waals surface area contributed by atoms with Gasteiger partial charge in [-0.25, -0.2) is 0 Å². The molecule has 4 heteroatoms. The summed E-state index contributed by atoms with van der Waals surface area (Å²) in [5.74, 6) is 0. The van der Waals surface area contributed by atoms with Crippen LogP contribution in [0.25, 0.3) is 0 Å². The smallest absolute Gasteiger partial charge is 0.324 e. The third-order valence-corrected chi connectivity index (χ3v) is 5.21. The fourth-order valence-corrected chi connectivity index (χ4v) is 3.51. The molecule has 0 aliphatic carbocycles. The molecule has 0 aliphatic rings. The summed E-state index contributed by atoms with van der Waals surface area (Å²) in [5, 5.41) is 0. The summed E-state index contributed by atoms with van der Waals surface area (Å²) in [6, 6.07) is 0. The maximum Gasteiger partial charge on any atom is 0.324 e. The van der Waals surface area contributed by atoms with Crippen LogP contribution in [-0.2, 0) is 0 Å². The molecule has 0 saturated heterocycles. The standard InChI is InChI=1S/C23H48.H3O3P/c1-3-5-7-9-11-13-15-17-19-21-23-22-20-18-16-14-12-10-8-6-4-2;1-4(2)3/h3-23H2,1-2H3;1-3H. The Kier molecular flexibility index (Phi) is 31.2. The van der Waals surface area contributed by atoms with E-state index in [0.29, 0.717) is 0 Å². The predicted molar refractivity (Wildman–Crippen MR) is 122 cm³/mol. The highest BCUT2D eigenvalue weighted by atomic mass is 31.2. The molecule has 0 saturated carbocycles. The van der Waals surface area contributed by atoms with Crippen LogP contribution in [0.1, 0.15) is 149 Å². The summed E-state index contributed by atoms with van der Waals surface area (Å²) < 4.78 is 0. The van der Waals surface area contributed by atoms with Crippen LogP contribution in [0.5, 0.6) is 0 Å². The number of hydrogen-bond acceptors (Lipinski definition) is 3. The van der Waals surface area contributed by atoms with Crippen molar-refractivity contribution in [3.63, 3.8) is 0 Å². The van der Waals surface area contributed by atoms with Crippen molar-refractivity contribution in [2.24, 2.45) is 0 Å². The third-order valence-electron chi connectivity index (χ3n) is 5.21. The molecule has 0 aliphatic heterocycles. The quantitative estimate of drug-likeness (QED) is 0.140. The van der Waals surface area contributed by atoms with E-state index in [4.69, 9.17) is 14.7 Å². The number of rotatable bonds is 20. The van der Waals surface area contributed by atoms with Gasteiger partial charge in [-0.05, 0) is 0 Å². The van der Waals surface area contributed by atoms with Gasteiger partial charge in [0.15, 0.2) is 0 Å². The number of hydrogen-bond donors (Lipinski definition) is 3. The topological polar surface area (TPSA) is 60.7 Å². The summed E-state index contributed by atoms with van der Waals surface area (Å²) in [4.78, 5) is 21.7. The van der Waals surface area contributed by atoms with Crippen LogP contribution in [0.4, 0.5) is 0 Å². The van der Waals surface area contributed by atoms with Gasteiger partial charge in [-0.1, -0.05) is 149 Å². The van der Waals surface area contributed by atoms with Crippen molar-refractivity contribution in [1.82, 2.24) is 0 Å². The Morgan fingerprint density at radius 2 is 0.444 bits per heavy atom. The molecule has 3 N–H and O–H groups in total. The molecule has 0 rings (SSSR count). The summed E-state index contributed by atoms with van der Waals surface area (Å²) in [6.07, 6.45) is 30.9. The molecule has 3 nitrogen and oxygen atoms in total. The largest absolute Gasteiger partial charge is 0.328 e. The van der Waals surface area contributed by atoms with E-state index in [-0.39, 0.29) is 0 Å². The van der Waals surface area contributed by atoms with Gasteiger partial charge in [0.25, 0.3) is 0 Å². The van der Waals surface area contributed by atoms with E-state index in [1.807, 2.05) is 0 Å². The van der Waals surface area contributed by atoms with Crippen molar-refractivity contribution in [2.75, 3.05) is 0 Å². The molecular formula is C23H51O3P. The Balaban J connectivity index is 0. The molecule has 0 bridgehead atoms. The molecule has 0 heterocycles. The molecule has 0 spiro atoms. The summed E-state index contributed by atoms with van der Waals surface area (Å²) in [6.45, 7) is 4.60. The van der Waals surface area contributed by atoms with Gasteiger partial charge >= 0.3 is 8.60 Å². The lowest BCUT2D eigenvalue weighted by molar-refractivity contribution is 0.368. The van der Waals surface area contributed by atoms with Crippen LogP contribution >= 0.6 is 8.60 Å². The maximum atomic E-state index is 7.23. The molecule has 0 aromatic carbocycles. The van der Waals surface area contributed by atoms with Crippen LogP contribution < -0.4 is 0 Å². The first-order valence-corrected chi connectivity index (χ1v) is 13.2. The first kappa shape index (κ1) is 29.5. The summed E-state index contributed by atoms with van der Waals surface area (Å²) in [5.41, 5.74) is 0. The number of unbranched alkanes of at least 4 members (excludes halogenated alkanes) is 20. The van der Waals surface area contributed by atoms with Crippen molar-refractivity contribution in [2.45, 2.75) is 149 Å². The normalized spacial score (nSPS) is 10.9. The molecule has 0 amide bonds. The zero-order valence-electron chi connectivity index (χ0n) is 18.6. The monoisotopic (exact) mass is 406 g/mol. The SMILES string of the molecule is CCCCCCCCCCCCCCCCCCCCCCC.OP(O)O.